The van der Waals surface area contributed by atoms with E-state index in [0.29, 0.717) is 23.6 Å². The van der Waals surface area contributed by atoms with Gasteiger partial charge in [-0.2, -0.15) is 0 Å². The van der Waals surface area contributed by atoms with Gasteiger partial charge in [0.15, 0.2) is 0 Å². The van der Waals surface area contributed by atoms with Gasteiger partial charge in [0.1, 0.15) is 17.4 Å². The average Bonchev–Trinajstić information content (AvgIpc) is 3.47. The van der Waals surface area contributed by atoms with Crippen molar-refractivity contribution in [2.45, 2.75) is 26.3 Å². The number of pyridine rings is 1. The molecule has 4 rings (SSSR count). The lowest BCUT2D eigenvalue weighted by Gasteiger charge is -2.16. The molecule has 3 heterocycles. The Balaban J connectivity index is 1.32. The Morgan fingerprint density at radius 3 is 2.62 bits per heavy atom. The monoisotopic (exact) mass is 437 g/mol. The molecular formula is C23H24FN5O3. The normalized spacial score (nSPS) is 13.1. The Hall–Kier alpha value is -3.88. The number of aryl methyl sites for hydroxylation is 1. The molecule has 1 fully saturated rings. The van der Waals surface area contributed by atoms with Crippen molar-refractivity contribution >= 4 is 29.1 Å². The van der Waals surface area contributed by atoms with Crippen molar-refractivity contribution in [3.05, 3.63) is 71.6 Å². The lowest BCUT2D eigenvalue weighted by molar-refractivity contribution is 0.102. The molecule has 166 valence electrons. The van der Waals surface area contributed by atoms with Crippen molar-refractivity contribution in [1.82, 2.24) is 10.3 Å². The second-order valence-corrected chi connectivity index (χ2v) is 7.57. The summed E-state index contributed by atoms with van der Waals surface area (Å²) in [6, 6.07) is 8.89. The number of hydrogen-bond donors (Lipinski definition) is 3. The highest BCUT2D eigenvalue weighted by atomic mass is 19.1. The van der Waals surface area contributed by atoms with Gasteiger partial charge in [-0.25, -0.2) is 14.2 Å². The molecule has 9 heteroatoms. The van der Waals surface area contributed by atoms with Crippen molar-refractivity contribution in [1.29, 1.82) is 0 Å². The second-order valence-electron chi connectivity index (χ2n) is 7.57. The maximum absolute atomic E-state index is 14.1. The van der Waals surface area contributed by atoms with Gasteiger partial charge in [-0.3, -0.25) is 4.79 Å². The molecule has 3 amide bonds. The fourth-order valence-electron chi connectivity index (χ4n) is 3.52. The minimum atomic E-state index is -0.616. The topological polar surface area (TPSA) is 99.5 Å². The Morgan fingerprint density at radius 1 is 1.12 bits per heavy atom. The third-order valence-electron chi connectivity index (χ3n) is 5.27. The molecule has 8 nitrogen and oxygen atoms in total. The van der Waals surface area contributed by atoms with Gasteiger partial charge in [0.25, 0.3) is 5.91 Å². The van der Waals surface area contributed by atoms with E-state index in [1.54, 1.807) is 13.1 Å². The molecule has 1 aliphatic heterocycles. The van der Waals surface area contributed by atoms with Gasteiger partial charge >= 0.3 is 6.03 Å². The number of aromatic nitrogens is 1. The number of anilines is 3. The number of furan rings is 1. The number of nitrogens with zero attached hydrogens (tertiary/aromatic N) is 2. The van der Waals surface area contributed by atoms with Gasteiger partial charge in [-0.15, -0.1) is 0 Å². The summed E-state index contributed by atoms with van der Waals surface area (Å²) in [5.41, 5.74) is 1.47. The zero-order chi connectivity index (χ0) is 22.5. The molecule has 0 atom stereocenters. The van der Waals surface area contributed by atoms with Crippen molar-refractivity contribution in [2.75, 3.05) is 28.6 Å². The summed E-state index contributed by atoms with van der Waals surface area (Å²) < 4.78 is 19.2. The Kier molecular flexibility index (Phi) is 6.34. The van der Waals surface area contributed by atoms with E-state index in [1.165, 1.54) is 43.4 Å². The third-order valence-corrected chi connectivity index (χ3v) is 5.27. The Bertz CT molecular complexity index is 1110. The van der Waals surface area contributed by atoms with E-state index in [9.17, 15) is 14.0 Å². The summed E-state index contributed by atoms with van der Waals surface area (Å²) in [5.74, 6) is 0.262. The minimum Gasteiger partial charge on any atom is -0.469 e. The Labute approximate surface area is 184 Å². The van der Waals surface area contributed by atoms with Crippen LogP contribution >= 0.6 is 0 Å². The molecule has 0 spiro atoms. The van der Waals surface area contributed by atoms with Crippen LogP contribution in [0.4, 0.5) is 26.4 Å². The number of halogens is 1. The molecule has 0 aliphatic carbocycles. The molecule has 0 bridgehead atoms. The first kappa shape index (κ1) is 21.4. The zero-order valence-electron chi connectivity index (χ0n) is 17.7. The predicted octanol–water partition coefficient (Wildman–Crippen LogP) is 4.30. The number of amides is 3. The average molecular weight is 437 g/mol. The van der Waals surface area contributed by atoms with E-state index in [2.05, 4.69) is 25.8 Å². The molecule has 3 aromatic rings. The maximum Gasteiger partial charge on any atom is 0.319 e. The van der Waals surface area contributed by atoms with Crippen LogP contribution in [0.5, 0.6) is 0 Å². The van der Waals surface area contributed by atoms with Crippen LogP contribution in [0.15, 0.2) is 53.3 Å². The minimum absolute atomic E-state index is 0.0462. The van der Waals surface area contributed by atoms with Crippen LogP contribution in [0.25, 0.3) is 0 Å². The van der Waals surface area contributed by atoms with Crippen molar-refractivity contribution in [3.8, 4) is 0 Å². The molecule has 0 radical (unpaired) electrons. The summed E-state index contributed by atoms with van der Waals surface area (Å²) in [6.07, 6.45) is 5.50. The largest absolute Gasteiger partial charge is 0.469 e. The molecule has 1 saturated heterocycles. The van der Waals surface area contributed by atoms with Crippen LogP contribution in [-0.2, 0) is 6.54 Å². The molecular weight excluding hydrogens is 413 g/mol. The first-order chi connectivity index (χ1) is 15.5. The lowest BCUT2D eigenvalue weighted by Crippen LogP contribution is -2.28. The number of rotatable bonds is 6. The van der Waals surface area contributed by atoms with Crippen LogP contribution in [-0.4, -0.2) is 30.0 Å². The van der Waals surface area contributed by atoms with E-state index < -0.39 is 17.8 Å². The highest BCUT2D eigenvalue weighted by Crippen LogP contribution is 2.21. The molecule has 2 aromatic heterocycles. The van der Waals surface area contributed by atoms with Crippen molar-refractivity contribution in [3.63, 3.8) is 0 Å². The molecule has 1 aromatic carbocycles. The van der Waals surface area contributed by atoms with Crippen LogP contribution < -0.4 is 20.9 Å². The number of benzene rings is 1. The molecule has 3 N–H and O–H groups in total. The highest BCUT2D eigenvalue weighted by molar-refractivity contribution is 6.05. The van der Waals surface area contributed by atoms with E-state index in [-0.39, 0.29) is 5.69 Å². The van der Waals surface area contributed by atoms with Crippen LogP contribution in [0, 0.1) is 12.7 Å². The van der Waals surface area contributed by atoms with Crippen LogP contribution in [0.1, 0.15) is 34.5 Å². The third kappa shape index (κ3) is 5.05. The van der Waals surface area contributed by atoms with Crippen LogP contribution in [0.3, 0.4) is 0 Å². The van der Waals surface area contributed by atoms with E-state index in [0.717, 1.165) is 24.5 Å². The number of carbonyl (C=O) groups is 2. The van der Waals surface area contributed by atoms with E-state index >= 15 is 0 Å². The van der Waals surface area contributed by atoms with Gasteiger partial charge in [0, 0.05) is 31.5 Å². The first-order valence-corrected chi connectivity index (χ1v) is 10.4. The smallest absolute Gasteiger partial charge is 0.319 e. The number of urea groups is 1. The predicted molar refractivity (Wildman–Crippen MR) is 119 cm³/mol. The van der Waals surface area contributed by atoms with Crippen molar-refractivity contribution in [2.24, 2.45) is 0 Å². The summed E-state index contributed by atoms with van der Waals surface area (Å²) in [4.78, 5) is 31.3. The maximum atomic E-state index is 14.1. The highest BCUT2D eigenvalue weighted by Gasteiger charge is 2.15. The van der Waals surface area contributed by atoms with Crippen LogP contribution in [0.2, 0.25) is 0 Å². The molecule has 32 heavy (non-hydrogen) atoms. The first-order valence-electron chi connectivity index (χ1n) is 10.4. The summed E-state index contributed by atoms with van der Waals surface area (Å²) in [6.45, 7) is 3.98. The number of hydrogen-bond acceptors (Lipinski definition) is 5. The SMILES string of the molecule is Cc1occc1C(=O)Nc1cc(NC(=O)NCc2ccc(N3CCCC3)nc2)ccc1F. The van der Waals surface area contributed by atoms with E-state index in [4.69, 9.17) is 4.42 Å². The summed E-state index contributed by atoms with van der Waals surface area (Å²) in [5, 5.41) is 7.88. The van der Waals surface area contributed by atoms with Gasteiger partial charge in [-0.1, -0.05) is 6.07 Å². The second kappa shape index (κ2) is 9.51. The fraction of sp³-hybridized carbons (Fsp3) is 0.261. The van der Waals surface area contributed by atoms with E-state index in [1.807, 2.05) is 12.1 Å². The molecule has 0 unspecified atom stereocenters. The molecule has 0 saturated carbocycles. The quantitative estimate of drug-likeness (QED) is 0.534. The summed E-state index contributed by atoms with van der Waals surface area (Å²) in [7, 11) is 0. The van der Waals surface area contributed by atoms with Crippen molar-refractivity contribution < 1.29 is 18.4 Å². The zero-order valence-corrected chi connectivity index (χ0v) is 17.7. The summed E-state index contributed by atoms with van der Waals surface area (Å²) >= 11 is 0. The van der Waals surface area contributed by atoms with Gasteiger partial charge in [-0.05, 0) is 55.7 Å². The number of carbonyl (C=O) groups excluding carboxylic acids is 2. The van der Waals surface area contributed by atoms with Gasteiger partial charge < -0.3 is 25.3 Å². The number of nitrogens with one attached hydrogen (secondary N) is 3. The lowest BCUT2D eigenvalue weighted by atomic mass is 10.2. The van der Waals surface area contributed by atoms with Gasteiger partial charge in [0.05, 0.1) is 17.5 Å². The standard InChI is InChI=1S/C23H24FN5O3/c1-15-18(8-11-32-15)22(30)28-20-12-17(5-6-19(20)24)27-23(31)26-14-16-4-7-21(25-13-16)29-9-2-3-10-29/h4-8,11-13H,2-3,9-10,14H2,1H3,(H,28,30)(H2,26,27,31). The fourth-order valence-corrected chi connectivity index (χ4v) is 3.52. The Morgan fingerprint density at radius 2 is 1.94 bits per heavy atom. The van der Waals surface area contributed by atoms with Gasteiger partial charge in [0.2, 0.25) is 0 Å². The molecule has 1 aliphatic rings.